The van der Waals surface area contributed by atoms with E-state index in [1.165, 1.54) is 18.2 Å². The number of rotatable bonds is 11. The second kappa shape index (κ2) is 10.2. The molecule has 0 fully saturated rings. The highest BCUT2D eigenvalue weighted by atomic mass is 31.2. The van der Waals surface area contributed by atoms with Crippen molar-refractivity contribution >= 4 is 29.6 Å². The van der Waals surface area contributed by atoms with Gasteiger partial charge in [0.2, 0.25) is 0 Å². The zero-order chi connectivity index (χ0) is 21.6. The summed E-state index contributed by atoms with van der Waals surface area (Å²) in [5.41, 5.74) is 0.993. The highest BCUT2D eigenvalue weighted by Crippen LogP contribution is 2.50. The van der Waals surface area contributed by atoms with Gasteiger partial charge in [-0.15, -0.1) is 0 Å². The second-order valence-electron chi connectivity index (χ2n) is 7.10. The normalized spacial score (nSPS) is 13.6. The Bertz CT molecular complexity index is 1060. The average Bonchev–Trinajstić information content (AvgIpc) is 2.71. The average molecular weight is 435 g/mol. The number of phenols is 1. The first-order valence-corrected chi connectivity index (χ1v) is 11.7. The summed E-state index contributed by atoms with van der Waals surface area (Å²) in [5.74, 6) is -0.374. The van der Waals surface area contributed by atoms with E-state index in [0.29, 0.717) is 28.2 Å². The second-order valence-corrected chi connectivity index (χ2v) is 8.69. The Morgan fingerprint density at radius 3 is 2.53 bits per heavy atom. The summed E-state index contributed by atoms with van der Waals surface area (Å²) in [5, 5.41) is 11.4. The van der Waals surface area contributed by atoms with Gasteiger partial charge in [0.25, 0.3) is 0 Å². The number of benzene rings is 2. The molecule has 8 heteroatoms. The van der Waals surface area contributed by atoms with E-state index in [9.17, 15) is 14.1 Å². The summed E-state index contributed by atoms with van der Waals surface area (Å²) in [6, 6.07) is 8.77. The summed E-state index contributed by atoms with van der Waals surface area (Å²) in [4.78, 5) is 4.45. The summed E-state index contributed by atoms with van der Waals surface area (Å²) < 4.78 is 43.0. The SMILES string of the molecule is CCCCCCOP(=O)(OCCC)Oc1cc(O)c2cc3cc(F)ccc3nc2c1. The van der Waals surface area contributed by atoms with Crippen molar-refractivity contribution in [2.75, 3.05) is 13.2 Å². The third kappa shape index (κ3) is 5.69. The van der Waals surface area contributed by atoms with Crippen molar-refractivity contribution in [2.45, 2.75) is 46.0 Å². The van der Waals surface area contributed by atoms with Crippen LogP contribution in [0.4, 0.5) is 4.39 Å². The lowest BCUT2D eigenvalue weighted by molar-refractivity contribution is 0.153. The molecule has 1 atom stereocenters. The molecule has 0 radical (unpaired) electrons. The lowest BCUT2D eigenvalue weighted by Gasteiger charge is -2.19. The summed E-state index contributed by atoms with van der Waals surface area (Å²) in [7, 11) is -3.85. The molecule has 0 amide bonds. The van der Waals surface area contributed by atoms with Crippen molar-refractivity contribution in [1.82, 2.24) is 4.98 Å². The molecular formula is C22H27FNO5P. The zero-order valence-corrected chi connectivity index (χ0v) is 18.2. The van der Waals surface area contributed by atoms with E-state index in [2.05, 4.69) is 11.9 Å². The maximum absolute atomic E-state index is 13.5. The van der Waals surface area contributed by atoms with Gasteiger partial charge in [0.1, 0.15) is 17.3 Å². The fourth-order valence-electron chi connectivity index (χ4n) is 3.05. The van der Waals surface area contributed by atoms with E-state index in [1.807, 2.05) is 6.92 Å². The van der Waals surface area contributed by atoms with Crippen molar-refractivity contribution in [3.63, 3.8) is 0 Å². The first-order valence-electron chi connectivity index (χ1n) is 10.3. The minimum atomic E-state index is -3.85. The van der Waals surface area contributed by atoms with Crippen LogP contribution in [0.3, 0.4) is 0 Å². The van der Waals surface area contributed by atoms with Crippen LogP contribution in [-0.4, -0.2) is 23.3 Å². The minimum Gasteiger partial charge on any atom is -0.507 e. The maximum atomic E-state index is 13.5. The maximum Gasteiger partial charge on any atom is 0.530 e. The molecule has 3 rings (SSSR count). The van der Waals surface area contributed by atoms with Crippen LogP contribution in [0.5, 0.6) is 11.5 Å². The van der Waals surface area contributed by atoms with Crippen LogP contribution in [0, 0.1) is 5.82 Å². The Hall–Kier alpha value is -2.21. The Morgan fingerprint density at radius 2 is 1.77 bits per heavy atom. The highest BCUT2D eigenvalue weighted by Gasteiger charge is 2.29. The molecule has 1 heterocycles. The van der Waals surface area contributed by atoms with E-state index < -0.39 is 7.82 Å². The Kier molecular flexibility index (Phi) is 7.64. The molecule has 30 heavy (non-hydrogen) atoms. The van der Waals surface area contributed by atoms with E-state index >= 15 is 0 Å². The molecule has 6 nitrogen and oxygen atoms in total. The van der Waals surface area contributed by atoms with E-state index in [4.69, 9.17) is 13.6 Å². The Labute approximate surface area is 175 Å². The van der Waals surface area contributed by atoms with Gasteiger partial charge in [-0.05, 0) is 37.1 Å². The molecule has 0 aliphatic heterocycles. The number of nitrogens with zero attached hydrogens (tertiary/aromatic N) is 1. The molecular weight excluding hydrogens is 408 g/mol. The van der Waals surface area contributed by atoms with E-state index in [-0.39, 0.29) is 30.5 Å². The number of pyridine rings is 1. The first-order chi connectivity index (χ1) is 14.4. The quantitative estimate of drug-likeness (QED) is 0.204. The molecule has 3 aromatic rings. The topological polar surface area (TPSA) is 77.9 Å². The number of phosphoric acid groups is 1. The lowest BCUT2D eigenvalue weighted by atomic mass is 10.1. The van der Waals surface area contributed by atoms with E-state index in [0.717, 1.165) is 25.7 Å². The van der Waals surface area contributed by atoms with Crippen LogP contribution < -0.4 is 4.52 Å². The number of aromatic nitrogens is 1. The molecule has 1 unspecified atom stereocenters. The molecule has 0 saturated heterocycles. The minimum absolute atomic E-state index is 0.119. The van der Waals surface area contributed by atoms with Crippen LogP contribution in [0.15, 0.2) is 36.4 Å². The van der Waals surface area contributed by atoms with Crippen molar-refractivity contribution in [3.05, 3.63) is 42.2 Å². The number of halogens is 1. The van der Waals surface area contributed by atoms with E-state index in [1.54, 1.807) is 18.2 Å². The molecule has 1 aromatic heterocycles. The molecule has 0 spiro atoms. The summed E-state index contributed by atoms with van der Waals surface area (Å²) in [6.07, 6.45) is 4.54. The Balaban J connectivity index is 1.86. The van der Waals surface area contributed by atoms with Crippen molar-refractivity contribution in [1.29, 1.82) is 0 Å². The van der Waals surface area contributed by atoms with Crippen LogP contribution in [-0.2, 0) is 13.6 Å². The zero-order valence-electron chi connectivity index (χ0n) is 17.3. The Morgan fingerprint density at radius 1 is 0.967 bits per heavy atom. The van der Waals surface area contributed by atoms with Crippen molar-refractivity contribution in [2.24, 2.45) is 0 Å². The third-order valence-corrected chi connectivity index (χ3v) is 5.99. The van der Waals surface area contributed by atoms with Gasteiger partial charge in [-0.1, -0.05) is 33.1 Å². The molecule has 0 saturated carbocycles. The summed E-state index contributed by atoms with van der Waals surface area (Å²) in [6.45, 7) is 4.49. The lowest BCUT2D eigenvalue weighted by Crippen LogP contribution is -2.05. The number of phenolic OH excluding ortho intramolecular Hbond substituents is 1. The highest BCUT2D eigenvalue weighted by molar-refractivity contribution is 7.48. The van der Waals surface area contributed by atoms with Crippen LogP contribution in [0.2, 0.25) is 0 Å². The first kappa shape index (κ1) is 22.5. The molecule has 2 aromatic carbocycles. The number of hydrogen-bond acceptors (Lipinski definition) is 6. The third-order valence-electron chi connectivity index (χ3n) is 4.56. The standard InChI is InChI=1S/C22H27FNO5P/c1-3-5-6-7-11-28-30(26,27-10-4-2)29-18-14-21-19(22(25)15-18)13-16-12-17(23)8-9-20(16)24-21/h8-9,12-15,25H,3-7,10-11H2,1-2H3. The summed E-state index contributed by atoms with van der Waals surface area (Å²) >= 11 is 0. The monoisotopic (exact) mass is 435 g/mol. The molecule has 0 aliphatic rings. The number of aromatic hydroxyl groups is 1. The molecule has 0 aliphatic carbocycles. The number of unbranched alkanes of at least 4 members (excludes halogenated alkanes) is 3. The number of fused-ring (bicyclic) bond motifs is 2. The number of hydrogen-bond donors (Lipinski definition) is 1. The van der Waals surface area contributed by atoms with Gasteiger partial charge in [-0.25, -0.2) is 13.9 Å². The van der Waals surface area contributed by atoms with Crippen LogP contribution >= 0.6 is 7.82 Å². The van der Waals surface area contributed by atoms with Gasteiger partial charge in [0, 0.05) is 22.9 Å². The van der Waals surface area contributed by atoms with Crippen LogP contribution in [0.1, 0.15) is 46.0 Å². The number of phosphoric ester groups is 1. The predicted molar refractivity (Wildman–Crippen MR) is 115 cm³/mol. The molecule has 162 valence electrons. The van der Waals surface area contributed by atoms with Gasteiger partial charge in [0.05, 0.1) is 24.2 Å². The molecule has 1 N–H and O–H groups in total. The van der Waals surface area contributed by atoms with Gasteiger partial charge < -0.3 is 9.63 Å². The van der Waals surface area contributed by atoms with Gasteiger partial charge in [-0.3, -0.25) is 9.05 Å². The smallest absolute Gasteiger partial charge is 0.507 e. The predicted octanol–water partition coefficient (Wildman–Crippen LogP) is 6.74. The van der Waals surface area contributed by atoms with Crippen molar-refractivity contribution < 1.29 is 27.6 Å². The van der Waals surface area contributed by atoms with Gasteiger partial charge >= 0.3 is 7.82 Å². The fourth-order valence-corrected chi connectivity index (χ4v) is 4.35. The van der Waals surface area contributed by atoms with Crippen molar-refractivity contribution in [3.8, 4) is 11.5 Å². The van der Waals surface area contributed by atoms with Gasteiger partial charge in [0.15, 0.2) is 0 Å². The van der Waals surface area contributed by atoms with Crippen LogP contribution in [0.25, 0.3) is 21.8 Å². The van der Waals surface area contributed by atoms with Gasteiger partial charge in [-0.2, -0.15) is 0 Å². The fraction of sp³-hybridized carbons (Fsp3) is 0.409. The largest absolute Gasteiger partial charge is 0.530 e. The molecule has 0 bridgehead atoms.